The van der Waals surface area contributed by atoms with E-state index in [-0.39, 0.29) is 12.5 Å². The number of carbonyl (C=O) groups is 1. The molecule has 0 aliphatic carbocycles. The first-order chi connectivity index (χ1) is 10.6. The first-order valence-electron chi connectivity index (χ1n) is 7.20. The van der Waals surface area contributed by atoms with Crippen molar-refractivity contribution in [2.75, 3.05) is 12.0 Å². The quantitative estimate of drug-likeness (QED) is 0.801. The van der Waals surface area contributed by atoms with Crippen molar-refractivity contribution < 1.29 is 9.53 Å². The zero-order valence-corrected chi connectivity index (χ0v) is 12.7. The molecule has 0 atom stereocenters. The zero-order chi connectivity index (χ0) is 15.5. The number of fused-ring (bicyclic) bond motifs is 1. The summed E-state index contributed by atoms with van der Waals surface area (Å²) >= 11 is 0. The van der Waals surface area contributed by atoms with Crippen LogP contribution in [-0.4, -0.2) is 17.2 Å². The van der Waals surface area contributed by atoms with Crippen LogP contribution in [0.3, 0.4) is 0 Å². The molecule has 1 amide bonds. The van der Waals surface area contributed by atoms with Crippen LogP contribution in [0.5, 0.6) is 5.75 Å². The number of carbonyl (C=O) groups excluding carboxylic acids is 1. The Bertz CT molecular complexity index is 801. The van der Waals surface area contributed by atoms with Crippen LogP contribution in [0.2, 0.25) is 0 Å². The van der Waals surface area contributed by atoms with Gasteiger partial charge >= 0.3 is 0 Å². The minimum absolute atomic E-state index is 0.0185. The van der Waals surface area contributed by atoms with E-state index in [0.717, 1.165) is 22.2 Å². The third-order valence-corrected chi connectivity index (χ3v) is 3.60. The molecule has 0 bridgehead atoms. The summed E-state index contributed by atoms with van der Waals surface area (Å²) in [5.41, 5.74) is 4.78. The number of amides is 1. The van der Waals surface area contributed by atoms with Crippen LogP contribution in [0.1, 0.15) is 11.4 Å². The third-order valence-electron chi connectivity index (χ3n) is 3.60. The highest BCUT2D eigenvalue weighted by Crippen LogP contribution is 2.20. The molecule has 112 valence electrons. The number of rotatable bonds is 4. The fourth-order valence-corrected chi connectivity index (χ4v) is 2.41. The summed E-state index contributed by atoms with van der Waals surface area (Å²) in [6.07, 6.45) is 0. The second kappa shape index (κ2) is 5.93. The van der Waals surface area contributed by atoms with Crippen LogP contribution < -0.4 is 10.2 Å². The maximum atomic E-state index is 12.0. The van der Waals surface area contributed by atoms with Gasteiger partial charge in [0, 0.05) is 11.4 Å². The topological polar surface area (TPSA) is 43.3 Å². The van der Waals surface area contributed by atoms with Gasteiger partial charge in [-0.1, -0.05) is 30.3 Å². The molecule has 0 radical (unpaired) electrons. The van der Waals surface area contributed by atoms with Crippen LogP contribution in [-0.2, 0) is 4.79 Å². The van der Waals surface area contributed by atoms with Crippen molar-refractivity contribution in [2.24, 2.45) is 0 Å². The van der Waals surface area contributed by atoms with Crippen LogP contribution in [0.15, 0.2) is 54.6 Å². The average Bonchev–Trinajstić information content (AvgIpc) is 2.84. The monoisotopic (exact) mass is 294 g/mol. The Balaban J connectivity index is 1.65. The normalized spacial score (nSPS) is 10.6. The predicted molar refractivity (Wildman–Crippen MR) is 87.7 cm³/mol. The van der Waals surface area contributed by atoms with Crippen LogP contribution >= 0.6 is 0 Å². The van der Waals surface area contributed by atoms with E-state index in [2.05, 4.69) is 5.43 Å². The lowest BCUT2D eigenvalue weighted by atomic mass is 10.1. The van der Waals surface area contributed by atoms with Crippen molar-refractivity contribution in [3.05, 3.63) is 66.0 Å². The SMILES string of the molecule is Cc1ccc(C)n1NC(=O)COc1ccc2ccccc2c1. The molecule has 0 fully saturated rings. The lowest BCUT2D eigenvalue weighted by Crippen LogP contribution is -2.29. The highest BCUT2D eigenvalue weighted by atomic mass is 16.5. The fourth-order valence-electron chi connectivity index (χ4n) is 2.41. The maximum absolute atomic E-state index is 12.0. The van der Waals surface area contributed by atoms with Crippen molar-refractivity contribution in [2.45, 2.75) is 13.8 Å². The largest absolute Gasteiger partial charge is 0.484 e. The Kier molecular flexibility index (Phi) is 3.83. The molecule has 4 heteroatoms. The van der Waals surface area contributed by atoms with Crippen LogP contribution in [0, 0.1) is 13.8 Å². The lowest BCUT2D eigenvalue weighted by molar-refractivity contribution is -0.119. The van der Waals surface area contributed by atoms with E-state index in [1.165, 1.54) is 0 Å². The smallest absolute Gasteiger partial charge is 0.276 e. The van der Waals surface area contributed by atoms with Gasteiger partial charge in [0.2, 0.25) is 0 Å². The van der Waals surface area contributed by atoms with Gasteiger partial charge in [-0.2, -0.15) is 0 Å². The molecule has 0 spiro atoms. The van der Waals surface area contributed by atoms with E-state index in [9.17, 15) is 4.79 Å². The molecule has 3 aromatic rings. The summed E-state index contributed by atoms with van der Waals surface area (Å²) < 4.78 is 7.34. The molecule has 1 N–H and O–H groups in total. The molecule has 1 heterocycles. The van der Waals surface area contributed by atoms with Gasteiger partial charge in [0.1, 0.15) is 5.75 Å². The Labute approximate surface area is 129 Å². The first kappa shape index (κ1) is 14.2. The standard InChI is InChI=1S/C18H18N2O2/c1-13-7-8-14(2)20(13)19-18(21)12-22-17-10-9-15-5-3-4-6-16(15)11-17/h3-11H,12H2,1-2H3,(H,19,21). The van der Waals surface area contributed by atoms with Crippen molar-refractivity contribution in [1.82, 2.24) is 4.68 Å². The van der Waals surface area contributed by atoms with Gasteiger partial charge in [-0.05, 0) is 48.9 Å². The van der Waals surface area contributed by atoms with Crippen molar-refractivity contribution in [3.63, 3.8) is 0 Å². The molecule has 0 aliphatic heterocycles. The molecular formula is C18H18N2O2. The Morgan fingerprint density at radius 3 is 2.41 bits per heavy atom. The first-order valence-corrected chi connectivity index (χ1v) is 7.20. The minimum Gasteiger partial charge on any atom is -0.484 e. The Morgan fingerprint density at radius 2 is 1.68 bits per heavy atom. The molecule has 22 heavy (non-hydrogen) atoms. The summed E-state index contributed by atoms with van der Waals surface area (Å²) in [5.74, 6) is 0.505. The highest BCUT2D eigenvalue weighted by molar-refractivity contribution is 5.86. The third kappa shape index (κ3) is 2.96. The summed E-state index contributed by atoms with van der Waals surface area (Å²) in [6, 6.07) is 17.8. The number of nitrogens with one attached hydrogen (secondary N) is 1. The van der Waals surface area contributed by atoms with Crippen molar-refractivity contribution in [1.29, 1.82) is 0 Å². The maximum Gasteiger partial charge on any atom is 0.276 e. The molecule has 0 saturated heterocycles. The molecule has 0 saturated carbocycles. The van der Waals surface area contributed by atoms with Crippen LogP contribution in [0.4, 0.5) is 0 Å². The van der Waals surface area contributed by atoms with Gasteiger partial charge in [-0.25, -0.2) is 0 Å². The molecule has 4 nitrogen and oxygen atoms in total. The number of benzene rings is 2. The second-order valence-electron chi connectivity index (χ2n) is 5.28. The number of aryl methyl sites for hydroxylation is 2. The van der Waals surface area contributed by atoms with Gasteiger partial charge in [0.25, 0.3) is 5.91 Å². The number of nitrogens with zero attached hydrogens (tertiary/aromatic N) is 1. The van der Waals surface area contributed by atoms with Gasteiger partial charge < -0.3 is 4.74 Å². The Hall–Kier alpha value is -2.75. The van der Waals surface area contributed by atoms with E-state index in [4.69, 9.17) is 4.74 Å². The van der Waals surface area contributed by atoms with E-state index in [1.807, 2.05) is 68.4 Å². The number of ether oxygens (including phenoxy) is 1. The van der Waals surface area contributed by atoms with Gasteiger partial charge in [-0.15, -0.1) is 0 Å². The summed E-state index contributed by atoms with van der Waals surface area (Å²) in [7, 11) is 0. The van der Waals surface area contributed by atoms with Crippen molar-refractivity contribution in [3.8, 4) is 5.75 Å². The van der Waals surface area contributed by atoms with Crippen LogP contribution in [0.25, 0.3) is 10.8 Å². The molecular weight excluding hydrogens is 276 g/mol. The van der Waals surface area contributed by atoms with Gasteiger partial charge in [0.15, 0.2) is 6.61 Å². The number of aromatic nitrogens is 1. The summed E-state index contributed by atoms with van der Waals surface area (Å²) in [5, 5.41) is 2.25. The molecule has 3 rings (SSSR count). The molecule has 0 aliphatic rings. The molecule has 0 unspecified atom stereocenters. The summed E-state index contributed by atoms with van der Waals surface area (Å²) in [6.45, 7) is 3.87. The molecule has 2 aromatic carbocycles. The van der Waals surface area contributed by atoms with E-state index >= 15 is 0 Å². The number of hydrogen-bond acceptors (Lipinski definition) is 2. The summed E-state index contributed by atoms with van der Waals surface area (Å²) in [4.78, 5) is 12.0. The van der Waals surface area contributed by atoms with E-state index < -0.39 is 0 Å². The lowest BCUT2D eigenvalue weighted by Gasteiger charge is -2.12. The van der Waals surface area contributed by atoms with E-state index in [1.54, 1.807) is 4.68 Å². The van der Waals surface area contributed by atoms with E-state index in [0.29, 0.717) is 5.75 Å². The zero-order valence-electron chi connectivity index (χ0n) is 12.7. The van der Waals surface area contributed by atoms with Crippen molar-refractivity contribution >= 4 is 16.7 Å². The fraction of sp³-hybridized carbons (Fsp3) is 0.167. The predicted octanol–water partition coefficient (Wildman–Crippen LogP) is 3.41. The molecule has 1 aromatic heterocycles. The van der Waals surface area contributed by atoms with Gasteiger partial charge in [0.05, 0.1) is 0 Å². The minimum atomic E-state index is -0.185. The second-order valence-corrected chi connectivity index (χ2v) is 5.28. The average molecular weight is 294 g/mol. The van der Waals surface area contributed by atoms with Gasteiger partial charge in [-0.3, -0.25) is 14.9 Å². The number of hydrogen-bond donors (Lipinski definition) is 1. The highest BCUT2D eigenvalue weighted by Gasteiger charge is 2.07. The Morgan fingerprint density at radius 1 is 1.00 bits per heavy atom.